The van der Waals surface area contributed by atoms with Crippen LogP contribution in [0.15, 0.2) is 11.6 Å². The number of hydrogen-bond acceptors (Lipinski definition) is 5. The average molecular weight is 403 g/mol. The Morgan fingerprint density at radius 1 is 1.07 bits per heavy atom. The highest BCUT2D eigenvalue weighted by atomic mass is 16.5. The van der Waals surface area contributed by atoms with Gasteiger partial charge in [0.25, 0.3) is 0 Å². The third kappa shape index (κ3) is 2.99. The third-order valence-corrected chi connectivity index (χ3v) is 9.54. The molecule has 0 heterocycles. The maximum atomic E-state index is 12.3. The molecule has 5 heteroatoms. The molecule has 0 aromatic heterocycles. The Morgan fingerprint density at radius 2 is 1.83 bits per heavy atom. The normalized spacial score (nSPS) is 47.4. The number of aliphatic hydroxyl groups is 2. The molecule has 0 saturated heterocycles. The molecular formula is C24H34O5. The molecule has 29 heavy (non-hydrogen) atoms. The van der Waals surface area contributed by atoms with E-state index in [4.69, 9.17) is 0 Å². The van der Waals surface area contributed by atoms with E-state index in [1.54, 1.807) is 0 Å². The van der Waals surface area contributed by atoms with Gasteiger partial charge in [-0.15, -0.1) is 0 Å². The van der Waals surface area contributed by atoms with Crippen LogP contribution in [0.2, 0.25) is 0 Å². The molecule has 3 unspecified atom stereocenters. The van der Waals surface area contributed by atoms with Crippen molar-refractivity contribution in [3.8, 4) is 0 Å². The molecular weight excluding hydrogens is 368 g/mol. The summed E-state index contributed by atoms with van der Waals surface area (Å²) < 4.78 is 0. The van der Waals surface area contributed by atoms with Crippen LogP contribution in [0, 0.1) is 52.3 Å². The van der Waals surface area contributed by atoms with Crippen LogP contribution in [0.1, 0.15) is 58.8 Å². The standard InChI is InChI=1S/C24H34O5/c1-23-8-7-14(11-25)9-16(23)3-4-17-19-5-6-20(18(13-27)22(28)29)24(19,2)10-15(12-26)21(17)23/h9,11-15,17-22,28-29H,3-8,10H2,1-2H3/t14?,15?,17-,18?,19-,20+,21-,23-,24-/m0/s1. The van der Waals surface area contributed by atoms with Gasteiger partial charge in [0.15, 0.2) is 6.29 Å². The zero-order valence-electron chi connectivity index (χ0n) is 17.5. The Bertz CT molecular complexity index is 714. The first-order chi connectivity index (χ1) is 13.8. The summed E-state index contributed by atoms with van der Waals surface area (Å²) in [5.74, 6) is 0.123. The Morgan fingerprint density at radius 3 is 2.45 bits per heavy atom. The summed E-state index contributed by atoms with van der Waals surface area (Å²) in [6, 6.07) is 0. The first-order valence-electron chi connectivity index (χ1n) is 11.2. The Hall–Kier alpha value is -1.33. The maximum absolute atomic E-state index is 12.3. The van der Waals surface area contributed by atoms with Crippen molar-refractivity contribution >= 4 is 18.9 Å². The predicted octanol–water partition coefficient (Wildman–Crippen LogP) is 2.93. The highest BCUT2D eigenvalue weighted by Crippen LogP contribution is 2.68. The number of carbonyl (C=O) groups excluding carboxylic acids is 3. The van der Waals surface area contributed by atoms with Crippen molar-refractivity contribution in [2.24, 2.45) is 52.3 Å². The molecule has 2 N–H and O–H groups in total. The van der Waals surface area contributed by atoms with Crippen LogP contribution >= 0.6 is 0 Å². The zero-order chi connectivity index (χ0) is 21.0. The predicted molar refractivity (Wildman–Crippen MR) is 107 cm³/mol. The first-order valence-corrected chi connectivity index (χ1v) is 11.2. The molecule has 0 radical (unpaired) electrons. The van der Waals surface area contributed by atoms with Gasteiger partial charge in [-0.25, -0.2) is 0 Å². The van der Waals surface area contributed by atoms with E-state index in [2.05, 4.69) is 19.9 Å². The van der Waals surface area contributed by atoms with E-state index in [9.17, 15) is 24.6 Å². The van der Waals surface area contributed by atoms with Gasteiger partial charge >= 0.3 is 0 Å². The monoisotopic (exact) mass is 402 g/mol. The van der Waals surface area contributed by atoms with Gasteiger partial charge in [0.1, 0.15) is 18.9 Å². The molecule has 9 atom stereocenters. The fraction of sp³-hybridized carbons (Fsp3) is 0.792. The summed E-state index contributed by atoms with van der Waals surface area (Å²) in [7, 11) is 0. The van der Waals surface area contributed by atoms with E-state index in [1.807, 2.05) is 0 Å². The number of rotatable bonds is 5. The van der Waals surface area contributed by atoms with Gasteiger partial charge in [0, 0.05) is 11.8 Å². The SMILES string of the molecule is C[C@]12CC(C=O)[C@H]3[C@@H](CCC4=CC(C=O)CC[C@@]43C)[C@@H]1CC[C@@H]2C(C=O)C(O)O. The summed E-state index contributed by atoms with van der Waals surface area (Å²) >= 11 is 0. The summed E-state index contributed by atoms with van der Waals surface area (Å²) in [4.78, 5) is 35.3. The van der Waals surface area contributed by atoms with Gasteiger partial charge in [0.05, 0.1) is 5.92 Å². The van der Waals surface area contributed by atoms with Crippen LogP contribution in [0.25, 0.3) is 0 Å². The van der Waals surface area contributed by atoms with Gasteiger partial charge in [0.2, 0.25) is 0 Å². The number of allylic oxidation sites excluding steroid dienone is 2. The molecule has 3 fully saturated rings. The molecule has 3 saturated carbocycles. The summed E-state index contributed by atoms with van der Waals surface area (Å²) in [6.45, 7) is 4.48. The van der Waals surface area contributed by atoms with Gasteiger partial charge in [-0.3, -0.25) is 0 Å². The van der Waals surface area contributed by atoms with Crippen molar-refractivity contribution in [1.82, 2.24) is 0 Å². The lowest BCUT2D eigenvalue weighted by Gasteiger charge is -2.60. The van der Waals surface area contributed by atoms with Crippen LogP contribution < -0.4 is 0 Å². The van der Waals surface area contributed by atoms with Crippen LogP contribution in [0.5, 0.6) is 0 Å². The number of aldehydes is 3. The van der Waals surface area contributed by atoms with Gasteiger partial charge < -0.3 is 24.6 Å². The quantitative estimate of drug-likeness (QED) is 0.419. The second-order valence-electron chi connectivity index (χ2n) is 10.6. The minimum atomic E-state index is -1.64. The van der Waals surface area contributed by atoms with E-state index >= 15 is 0 Å². The molecule has 5 nitrogen and oxygen atoms in total. The average Bonchev–Trinajstić information content (AvgIpc) is 3.03. The molecule has 0 aromatic carbocycles. The molecule has 0 bridgehead atoms. The van der Waals surface area contributed by atoms with Gasteiger partial charge in [-0.1, -0.05) is 25.5 Å². The lowest BCUT2D eigenvalue weighted by atomic mass is 9.43. The van der Waals surface area contributed by atoms with Gasteiger partial charge in [-0.05, 0) is 79.4 Å². The fourth-order valence-electron chi connectivity index (χ4n) is 8.30. The van der Waals surface area contributed by atoms with Crippen molar-refractivity contribution in [3.63, 3.8) is 0 Å². The van der Waals surface area contributed by atoms with Crippen molar-refractivity contribution in [1.29, 1.82) is 0 Å². The van der Waals surface area contributed by atoms with Crippen LogP contribution in [0.3, 0.4) is 0 Å². The topological polar surface area (TPSA) is 91.7 Å². The minimum absolute atomic E-state index is 0.00779. The summed E-state index contributed by atoms with van der Waals surface area (Å²) in [5, 5.41) is 19.6. The highest BCUT2D eigenvalue weighted by Gasteiger charge is 2.63. The second kappa shape index (κ2) is 7.42. The highest BCUT2D eigenvalue weighted by molar-refractivity contribution is 5.59. The fourth-order valence-corrected chi connectivity index (χ4v) is 8.30. The Balaban J connectivity index is 1.71. The first kappa shape index (κ1) is 20.9. The van der Waals surface area contributed by atoms with Crippen molar-refractivity contribution in [3.05, 3.63) is 11.6 Å². The van der Waals surface area contributed by atoms with E-state index in [1.165, 1.54) is 5.57 Å². The van der Waals surface area contributed by atoms with Crippen LogP contribution in [-0.2, 0) is 14.4 Å². The van der Waals surface area contributed by atoms with Crippen LogP contribution in [0.4, 0.5) is 0 Å². The van der Waals surface area contributed by atoms with E-state index < -0.39 is 12.2 Å². The lowest BCUT2D eigenvalue weighted by molar-refractivity contribution is -0.153. The van der Waals surface area contributed by atoms with Gasteiger partial charge in [-0.2, -0.15) is 0 Å². The molecule has 160 valence electrons. The number of hydrogen-bond donors (Lipinski definition) is 2. The molecule has 0 aliphatic heterocycles. The van der Waals surface area contributed by atoms with E-state index in [0.29, 0.717) is 24.5 Å². The molecule has 4 rings (SSSR count). The van der Waals surface area contributed by atoms with Crippen LogP contribution in [-0.4, -0.2) is 35.4 Å². The summed E-state index contributed by atoms with van der Waals surface area (Å²) in [6.07, 6.45) is 9.71. The maximum Gasteiger partial charge on any atom is 0.161 e. The number of carbonyl (C=O) groups is 3. The molecule has 0 aromatic rings. The molecule has 4 aliphatic carbocycles. The third-order valence-electron chi connectivity index (χ3n) is 9.54. The Kier molecular flexibility index (Phi) is 5.35. The number of fused-ring (bicyclic) bond motifs is 5. The number of aliphatic hydroxyl groups excluding tert-OH is 1. The molecule has 0 amide bonds. The van der Waals surface area contributed by atoms with Crippen molar-refractivity contribution in [2.45, 2.75) is 65.1 Å². The molecule has 0 spiro atoms. The largest absolute Gasteiger partial charge is 0.368 e. The molecule has 4 aliphatic rings. The zero-order valence-corrected chi connectivity index (χ0v) is 17.5. The second-order valence-corrected chi connectivity index (χ2v) is 10.6. The lowest BCUT2D eigenvalue weighted by Crippen LogP contribution is -2.55. The van der Waals surface area contributed by atoms with E-state index in [-0.39, 0.29) is 34.5 Å². The smallest absolute Gasteiger partial charge is 0.161 e. The van der Waals surface area contributed by atoms with Crippen molar-refractivity contribution < 1.29 is 24.6 Å². The van der Waals surface area contributed by atoms with Crippen molar-refractivity contribution in [2.75, 3.05) is 0 Å². The Labute approximate surface area is 172 Å². The minimum Gasteiger partial charge on any atom is -0.368 e. The summed E-state index contributed by atoms with van der Waals surface area (Å²) in [5.41, 5.74) is 1.11. The van der Waals surface area contributed by atoms with E-state index in [0.717, 1.165) is 51.1 Å².